The molecule has 0 saturated heterocycles. The summed E-state index contributed by atoms with van der Waals surface area (Å²) >= 11 is 3.43. The summed E-state index contributed by atoms with van der Waals surface area (Å²) < 4.78 is 4.54. The average molecular weight is 602 g/mol. The van der Waals surface area contributed by atoms with Crippen LogP contribution in [0.25, 0.3) is 57.9 Å². The van der Waals surface area contributed by atoms with Gasteiger partial charge in [0.15, 0.2) is 5.13 Å². The highest BCUT2D eigenvalue weighted by atomic mass is 32.1. The van der Waals surface area contributed by atoms with Crippen molar-refractivity contribution in [3.05, 3.63) is 140 Å². The lowest BCUT2D eigenvalue weighted by Crippen LogP contribution is -2.09. The number of hydrogen-bond donors (Lipinski definition) is 0. The number of pyridine rings is 1. The van der Waals surface area contributed by atoms with Gasteiger partial charge in [0, 0.05) is 45.8 Å². The molecule has 0 aliphatic heterocycles. The second-order valence-corrected chi connectivity index (χ2v) is 12.6. The Hall–Kier alpha value is -5.37. The van der Waals surface area contributed by atoms with Gasteiger partial charge in [-0.15, -0.1) is 11.3 Å². The number of hydrogen-bond acceptors (Lipinski definition) is 6. The third-order valence-corrected chi connectivity index (χ3v) is 10.0. The third kappa shape index (κ3) is 4.09. The van der Waals surface area contributed by atoms with Crippen LogP contribution in [0.2, 0.25) is 0 Å². The molecule has 4 heterocycles. The van der Waals surface area contributed by atoms with Crippen LogP contribution in [0.15, 0.2) is 140 Å². The number of aromatic nitrogens is 4. The maximum atomic E-state index is 5.06. The van der Waals surface area contributed by atoms with Crippen molar-refractivity contribution in [3.63, 3.8) is 0 Å². The van der Waals surface area contributed by atoms with E-state index < -0.39 is 0 Å². The molecule has 4 aromatic heterocycles. The van der Waals surface area contributed by atoms with E-state index in [1.807, 2.05) is 12.4 Å². The minimum atomic E-state index is 0.949. The molecule has 0 N–H and O–H groups in total. The zero-order chi connectivity index (χ0) is 29.0. The van der Waals surface area contributed by atoms with Crippen molar-refractivity contribution in [2.24, 2.45) is 0 Å². The Morgan fingerprint density at radius 3 is 2.05 bits per heavy atom. The topological polar surface area (TPSA) is 46.8 Å². The molecule has 0 spiro atoms. The maximum Gasteiger partial charge on any atom is 0.195 e. The fraction of sp³-hybridized carbons (Fsp3) is 0. The first-order valence-corrected chi connectivity index (χ1v) is 16.0. The smallest absolute Gasteiger partial charge is 0.195 e. The van der Waals surface area contributed by atoms with Crippen molar-refractivity contribution in [1.29, 1.82) is 0 Å². The van der Waals surface area contributed by atoms with Crippen LogP contribution < -0.4 is 4.90 Å². The van der Waals surface area contributed by atoms with Crippen LogP contribution in [0.5, 0.6) is 0 Å². The Bertz CT molecular complexity index is 2370. The summed E-state index contributed by atoms with van der Waals surface area (Å²) in [7, 11) is 0. The van der Waals surface area contributed by atoms with E-state index in [4.69, 9.17) is 9.97 Å². The molecule has 9 rings (SSSR count). The van der Waals surface area contributed by atoms with Crippen LogP contribution in [0.1, 0.15) is 0 Å². The van der Waals surface area contributed by atoms with Crippen LogP contribution >= 0.6 is 22.7 Å². The molecule has 0 amide bonds. The normalized spacial score (nSPS) is 11.6. The molecule has 0 aliphatic rings. The van der Waals surface area contributed by atoms with Crippen molar-refractivity contribution in [2.45, 2.75) is 0 Å². The van der Waals surface area contributed by atoms with E-state index in [2.05, 4.69) is 142 Å². The van der Waals surface area contributed by atoms with Gasteiger partial charge in [-0.2, -0.15) is 0 Å². The molecule has 0 fully saturated rings. The van der Waals surface area contributed by atoms with Gasteiger partial charge in [-0.1, -0.05) is 65.9 Å². The van der Waals surface area contributed by atoms with Crippen molar-refractivity contribution in [1.82, 2.24) is 19.5 Å². The van der Waals surface area contributed by atoms with Gasteiger partial charge in [0.05, 0.1) is 31.5 Å². The monoisotopic (exact) mass is 601 g/mol. The van der Waals surface area contributed by atoms with E-state index in [-0.39, 0.29) is 0 Å². The Morgan fingerprint density at radius 1 is 0.545 bits per heavy atom. The molecule has 0 unspecified atom stereocenters. The first-order chi connectivity index (χ1) is 21.8. The van der Waals surface area contributed by atoms with E-state index in [1.165, 1.54) is 5.39 Å². The van der Waals surface area contributed by atoms with Gasteiger partial charge in [-0.25, -0.2) is 9.97 Å². The predicted molar refractivity (Wildman–Crippen MR) is 185 cm³/mol. The molecule has 0 atom stereocenters. The van der Waals surface area contributed by atoms with Gasteiger partial charge in [0.25, 0.3) is 0 Å². The van der Waals surface area contributed by atoms with Crippen LogP contribution in [0, 0.1) is 0 Å². The summed E-state index contributed by atoms with van der Waals surface area (Å²) in [6.07, 6.45) is 3.79. The van der Waals surface area contributed by atoms with Crippen LogP contribution in [0.3, 0.4) is 0 Å². The average Bonchev–Trinajstić information content (AvgIpc) is 3.79. The third-order valence-electron chi connectivity index (χ3n) is 7.95. The quantitative estimate of drug-likeness (QED) is 0.197. The zero-order valence-corrected chi connectivity index (χ0v) is 25.0. The molecule has 0 radical (unpaired) electrons. The van der Waals surface area contributed by atoms with Crippen LogP contribution in [-0.2, 0) is 0 Å². The minimum absolute atomic E-state index is 0.949. The zero-order valence-electron chi connectivity index (χ0n) is 23.3. The van der Waals surface area contributed by atoms with E-state index >= 15 is 0 Å². The summed E-state index contributed by atoms with van der Waals surface area (Å²) in [6.45, 7) is 0. The van der Waals surface area contributed by atoms with Gasteiger partial charge in [0.2, 0.25) is 0 Å². The predicted octanol–water partition coefficient (Wildman–Crippen LogP) is 10.5. The largest absolute Gasteiger partial charge is 0.310 e. The van der Waals surface area contributed by atoms with Crippen LogP contribution in [0.4, 0.5) is 17.1 Å². The van der Waals surface area contributed by atoms with Crippen LogP contribution in [-0.4, -0.2) is 19.5 Å². The van der Waals surface area contributed by atoms with Crippen molar-refractivity contribution in [2.75, 3.05) is 4.90 Å². The van der Waals surface area contributed by atoms with Gasteiger partial charge >= 0.3 is 0 Å². The SMILES string of the molecule is c1ccc(N(c2ccccc2)c2ccc3nc(-c4ccc5nc(-n6c7ccccc7c7cnccc76)sc5c4)sc3c2)cc1. The molecule has 5 aromatic carbocycles. The Morgan fingerprint density at radius 2 is 1.23 bits per heavy atom. The molecule has 0 bridgehead atoms. The number of nitrogens with zero attached hydrogens (tertiary/aromatic N) is 5. The molecule has 0 saturated carbocycles. The Balaban J connectivity index is 1.12. The summed E-state index contributed by atoms with van der Waals surface area (Å²) in [5, 5.41) is 4.27. The molecule has 44 heavy (non-hydrogen) atoms. The van der Waals surface area contributed by atoms with Crippen molar-refractivity contribution < 1.29 is 0 Å². The number of para-hydroxylation sites is 3. The maximum absolute atomic E-state index is 5.06. The van der Waals surface area contributed by atoms with Crippen molar-refractivity contribution in [3.8, 4) is 15.7 Å². The molecular weight excluding hydrogens is 579 g/mol. The highest BCUT2D eigenvalue weighted by Crippen LogP contribution is 2.40. The van der Waals surface area contributed by atoms with Gasteiger partial charge in [-0.3, -0.25) is 9.55 Å². The van der Waals surface area contributed by atoms with Gasteiger partial charge < -0.3 is 4.90 Å². The van der Waals surface area contributed by atoms with E-state index in [0.717, 1.165) is 69.6 Å². The first kappa shape index (κ1) is 25.2. The molecule has 5 nitrogen and oxygen atoms in total. The van der Waals surface area contributed by atoms with Gasteiger partial charge in [0.1, 0.15) is 5.01 Å². The highest BCUT2D eigenvalue weighted by Gasteiger charge is 2.17. The van der Waals surface area contributed by atoms with E-state index in [9.17, 15) is 0 Å². The standard InChI is InChI=1S/C37H23N5S2/c1-3-9-25(10-4-1)41(26-11-5-2-6-12-26)27-16-18-30-35(22-27)43-36(39-30)24-15-17-31-34(21-24)44-37(40-31)42-32-14-8-7-13-28(32)29-23-38-20-19-33(29)42/h1-23H. The second kappa shape index (κ2) is 10.1. The fourth-order valence-corrected chi connectivity index (χ4v) is 7.97. The number of benzene rings is 5. The second-order valence-electron chi connectivity index (χ2n) is 10.6. The molecule has 208 valence electrons. The van der Waals surface area contributed by atoms with Gasteiger partial charge in [-0.05, 0) is 72.8 Å². The summed E-state index contributed by atoms with van der Waals surface area (Å²) in [6, 6.07) is 44.5. The Labute approximate surface area is 261 Å². The lowest BCUT2D eigenvalue weighted by molar-refractivity contribution is 1.14. The molecular formula is C37H23N5S2. The Kier molecular flexibility index (Phi) is 5.79. The molecule has 7 heteroatoms. The fourth-order valence-electron chi connectivity index (χ4n) is 5.94. The lowest BCUT2D eigenvalue weighted by atomic mass is 10.2. The summed E-state index contributed by atoms with van der Waals surface area (Å²) in [5.74, 6) is 0. The lowest BCUT2D eigenvalue weighted by Gasteiger charge is -2.25. The summed E-state index contributed by atoms with van der Waals surface area (Å²) in [4.78, 5) is 16.8. The van der Waals surface area contributed by atoms with E-state index in [1.54, 1.807) is 22.7 Å². The number of rotatable bonds is 5. The minimum Gasteiger partial charge on any atom is -0.310 e. The number of anilines is 3. The number of fused-ring (bicyclic) bond motifs is 5. The molecule has 9 aromatic rings. The molecule has 0 aliphatic carbocycles. The number of thiazole rings is 2. The van der Waals surface area contributed by atoms with Crippen molar-refractivity contribution >= 4 is 82.0 Å². The summed E-state index contributed by atoms with van der Waals surface area (Å²) in [5.41, 5.74) is 8.68. The first-order valence-electron chi connectivity index (χ1n) is 14.4. The van der Waals surface area contributed by atoms with E-state index in [0.29, 0.717) is 0 Å². The highest BCUT2D eigenvalue weighted by molar-refractivity contribution is 7.22.